The summed E-state index contributed by atoms with van der Waals surface area (Å²) in [6.45, 7) is 7.19. The first-order valence-electron chi connectivity index (χ1n) is 5.83. The van der Waals surface area contributed by atoms with E-state index in [1.807, 2.05) is 6.92 Å². The molecule has 0 spiro atoms. The minimum atomic E-state index is -0.0487. The minimum Gasteiger partial charge on any atom is -0.459 e. The summed E-state index contributed by atoms with van der Waals surface area (Å²) in [5, 5.41) is 0. The zero-order chi connectivity index (χ0) is 11.1. The smallest absolute Gasteiger partial charge is 0.306 e. The molecule has 2 rings (SSSR count). The third-order valence-electron chi connectivity index (χ3n) is 3.48. The van der Waals surface area contributed by atoms with Gasteiger partial charge in [-0.2, -0.15) is 0 Å². The zero-order valence-corrected chi connectivity index (χ0v) is 9.79. The van der Waals surface area contributed by atoms with Gasteiger partial charge < -0.3 is 9.47 Å². The highest BCUT2D eigenvalue weighted by atomic mass is 16.6. The fraction of sp³-hybridized carbons (Fsp3) is 0.917. The van der Waals surface area contributed by atoms with Gasteiger partial charge in [0, 0.05) is 12.5 Å². The summed E-state index contributed by atoms with van der Waals surface area (Å²) in [5.41, 5.74) is 0.273. The molecule has 0 aromatic heterocycles. The lowest BCUT2D eigenvalue weighted by Crippen LogP contribution is -2.43. The quantitative estimate of drug-likeness (QED) is 0.658. The van der Waals surface area contributed by atoms with E-state index in [0.29, 0.717) is 18.9 Å². The maximum atomic E-state index is 11.3. The largest absolute Gasteiger partial charge is 0.459 e. The van der Waals surface area contributed by atoms with Crippen molar-refractivity contribution in [3.63, 3.8) is 0 Å². The van der Waals surface area contributed by atoms with Crippen LogP contribution in [0.4, 0.5) is 0 Å². The SMILES string of the molecule is CCO[C@@H]1CC(C)(C)C[C@H]2CC(=O)O[C@H]21. The van der Waals surface area contributed by atoms with Crippen molar-refractivity contribution >= 4 is 5.97 Å². The Morgan fingerprint density at radius 3 is 2.87 bits per heavy atom. The molecule has 2 fully saturated rings. The molecule has 0 amide bonds. The maximum absolute atomic E-state index is 11.3. The first-order chi connectivity index (χ1) is 7.02. The van der Waals surface area contributed by atoms with E-state index in [-0.39, 0.29) is 23.6 Å². The molecule has 2 aliphatic rings. The predicted molar refractivity (Wildman–Crippen MR) is 56.4 cm³/mol. The molecule has 0 bridgehead atoms. The van der Waals surface area contributed by atoms with Crippen molar-refractivity contribution in [3.8, 4) is 0 Å². The molecule has 1 aliphatic carbocycles. The van der Waals surface area contributed by atoms with E-state index in [0.717, 1.165) is 12.8 Å². The lowest BCUT2D eigenvalue weighted by Gasteiger charge is -2.41. The summed E-state index contributed by atoms with van der Waals surface area (Å²) in [7, 11) is 0. The predicted octanol–water partition coefficient (Wildman–Crippen LogP) is 2.14. The second kappa shape index (κ2) is 3.78. The molecule has 1 aliphatic heterocycles. The van der Waals surface area contributed by atoms with Gasteiger partial charge in [0.05, 0.1) is 12.5 Å². The number of esters is 1. The second-order valence-corrected chi connectivity index (χ2v) is 5.48. The van der Waals surface area contributed by atoms with Crippen LogP contribution in [0.5, 0.6) is 0 Å². The highest BCUT2D eigenvalue weighted by molar-refractivity contribution is 5.72. The Bertz CT molecular complexity index is 260. The second-order valence-electron chi connectivity index (χ2n) is 5.48. The number of fused-ring (bicyclic) bond motifs is 1. The number of carbonyl (C=O) groups is 1. The molecule has 15 heavy (non-hydrogen) atoms. The molecular weight excluding hydrogens is 192 g/mol. The molecule has 3 nitrogen and oxygen atoms in total. The maximum Gasteiger partial charge on any atom is 0.306 e. The van der Waals surface area contributed by atoms with E-state index < -0.39 is 0 Å². The van der Waals surface area contributed by atoms with Gasteiger partial charge in [-0.1, -0.05) is 13.8 Å². The van der Waals surface area contributed by atoms with Crippen LogP contribution in [0.1, 0.15) is 40.0 Å². The fourth-order valence-corrected chi connectivity index (χ4v) is 3.02. The van der Waals surface area contributed by atoms with Gasteiger partial charge in [0.1, 0.15) is 6.10 Å². The highest BCUT2D eigenvalue weighted by Crippen LogP contribution is 2.45. The molecule has 0 aromatic carbocycles. The molecule has 3 atom stereocenters. The number of carbonyl (C=O) groups excluding carboxylic acids is 1. The van der Waals surface area contributed by atoms with Crippen LogP contribution in [0.15, 0.2) is 0 Å². The molecule has 1 saturated carbocycles. The van der Waals surface area contributed by atoms with Crippen LogP contribution in [0, 0.1) is 11.3 Å². The minimum absolute atomic E-state index is 0.0190. The first-order valence-corrected chi connectivity index (χ1v) is 5.83. The van der Waals surface area contributed by atoms with Crippen molar-refractivity contribution in [2.45, 2.75) is 52.2 Å². The van der Waals surface area contributed by atoms with Gasteiger partial charge in [0.15, 0.2) is 0 Å². The first kappa shape index (κ1) is 10.9. The van der Waals surface area contributed by atoms with Gasteiger partial charge in [0.25, 0.3) is 0 Å². The summed E-state index contributed by atoms with van der Waals surface area (Å²) in [4.78, 5) is 11.3. The number of rotatable bonds is 2. The number of hydrogen-bond acceptors (Lipinski definition) is 3. The van der Waals surface area contributed by atoms with Gasteiger partial charge in [-0.25, -0.2) is 0 Å². The van der Waals surface area contributed by atoms with E-state index in [1.165, 1.54) is 0 Å². The van der Waals surface area contributed by atoms with E-state index in [9.17, 15) is 4.79 Å². The van der Waals surface area contributed by atoms with E-state index in [4.69, 9.17) is 9.47 Å². The van der Waals surface area contributed by atoms with Crippen LogP contribution in [0.3, 0.4) is 0 Å². The number of ether oxygens (including phenoxy) is 2. The normalized spacial score (nSPS) is 38.6. The van der Waals surface area contributed by atoms with Crippen LogP contribution in [-0.4, -0.2) is 24.8 Å². The Balaban J connectivity index is 2.12. The average Bonchev–Trinajstić information content (AvgIpc) is 2.44. The van der Waals surface area contributed by atoms with Crippen molar-refractivity contribution in [1.82, 2.24) is 0 Å². The van der Waals surface area contributed by atoms with Gasteiger partial charge in [0.2, 0.25) is 0 Å². The summed E-state index contributed by atoms with van der Waals surface area (Å²) in [6, 6.07) is 0. The average molecular weight is 212 g/mol. The summed E-state index contributed by atoms with van der Waals surface area (Å²) in [5.74, 6) is 0.324. The van der Waals surface area contributed by atoms with Crippen LogP contribution in [-0.2, 0) is 14.3 Å². The Morgan fingerprint density at radius 2 is 2.20 bits per heavy atom. The summed E-state index contributed by atoms with van der Waals surface area (Å²) < 4.78 is 11.1. The van der Waals surface area contributed by atoms with Crippen LogP contribution in [0.2, 0.25) is 0 Å². The third kappa shape index (κ3) is 2.17. The van der Waals surface area contributed by atoms with Gasteiger partial charge in [-0.05, 0) is 25.2 Å². The van der Waals surface area contributed by atoms with E-state index in [1.54, 1.807) is 0 Å². The van der Waals surface area contributed by atoms with Crippen LogP contribution >= 0.6 is 0 Å². The molecule has 1 heterocycles. The monoisotopic (exact) mass is 212 g/mol. The number of hydrogen-bond donors (Lipinski definition) is 0. The van der Waals surface area contributed by atoms with Crippen LogP contribution in [0.25, 0.3) is 0 Å². The Morgan fingerprint density at radius 1 is 1.47 bits per heavy atom. The molecule has 86 valence electrons. The molecule has 0 unspecified atom stereocenters. The summed E-state index contributed by atoms with van der Waals surface area (Å²) in [6.07, 6.45) is 2.78. The van der Waals surface area contributed by atoms with Crippen molar-refractivity contribution in [2.24, 2.45) is 11.3 Å². The van der Waals surface area contributed by atoms with E-state index >= 15 is 0 Å². The van der Waals surface area contributed by atoms with Gasteiger partial charge in [-0.15, -0.1) is 0 Å². The Labute approximate surface area is 91.1 Å². The molecule has 0 radical (unpaired) electrons. The molecule has 0 N–H and O–H groups in total. The zero-order valence-electron chi connectivity index (χ0n) is 9.79. The lowest BCUT2D eigenvalue weighted by atomic mass is 9.69. The lowest BCUT2D eigenvalue weighted by molar-refractivity contribution is -0.152. The Kier molecular flexibility index (Phi) is 2.75. The van der Waals surface area contributed by atoms with Gasteiger partial charge in [-0.3, -0.25) is 4.79 Å². The van der Waals surface area contributed by atoms with Crippen molar-refractivity contribution in [3.05, 3.63) is 0 Å². The van der Waals surface area contributed by atoms with Crippen molar-refractivity contribution in [1.29, 1.82) is 0 Å². The third-order valence-corrected chi connectivity index (χ3v) is 3.48. The molecule has 1 saturated heterocycles. The molecular formula is C12H20O3. The highest BCUT2D eigenvalue weighted by Gasteiger charge is 2.48. The van der Waals surface area contributed by atoms with Gasteiger partial charge >= 0.3 is 5.97 Å². The fourth-order valence-electron chi connectivity index (χ4n) is 3.02. The standard InChI is InChI=1S/C12H20O3/c1-4-14-9-7-12(2,3)6-8-5-10(13)15-11(8)9/h8-9,11H,4-7H2,1-3H3/t8-,9-,11-/m1/s1. The van der Waals surface area contributed by atoms with Crippen molar-refractivity contribution in [2.75, 3.05) is 6.61 Å². The summed E-state index contributed by atoms with van der Waals surface area (Å²) >= 11 is 0. The molecule has 3 heteroatoms. The van der Waals surface area contributed by atoms with Crippen molar-refractivity contribution < 1.29 is 14.3 Å². The Hall–Kier alpha value is -0.570. The molecule has 0 aromatic rings. The topological polar surface area (TPSA) is 35.5 Å². The van der Waals surface area contributed by atoms with Crippen LogP contribution < -0.4 is 0 Å². The van der Waals surface area contributed by atoms with E-state index in [2.05, 4.69) is 13.8 Å².